The lowest BCUT2D eigenvalue weighted by Crippen LogP contribution is -2.48. The number of aryl methyl sites for hydroxylation is 3. The Kier molecular flexibility index (Phi) is 4.41. The van der Waals surface area contributed by atoms with Crippen molar-refractivity contribution in [3.05, 3.63) is 38.9 Å². The van der Waals surface area contributed by atoms with E-state index in [0.29, 0.717) is 0 Å². The van der Waals surface area contributed by atoms with Crippen LogP contribution >= 0.6 is 11.3 Å². The summed E-state index contributed by atoms with van der Waals surface area (Å²) < 4.78 is 5.12. The molecule has 0 radical (unpaired) electrons. The van der Waals surface area contributed by atoms with Gasteiger partial charge in [-0.25, -0.2) is 0 Å². The summed E-state index contributed by atoms with van der Waals surface area (Å²) in [5.41, 5.74) is 2.38. The van der Waals surface area contributed by atoms with Gasteiger partial charge in [0.2, 0.25) is 0 Å². The third-order valence-corrected chi connectivity index (χ3v) is 6.15. The van der Waals surface area contributed by atoms with Gasteiger partial charge >= 0.3 is 0 Å². The number of carbonyl (C=O) groups excluding carboxylic acids is 1. The van der Waals surface area contributed by atoms with Crippen LogP contribution in [0.25, 0.3) is 0 Å². The van der Waals surface area contributed by atoms with Crippen molar-refractivity contribution in [2.75, 3.05) is 26.2 Å². The highest BCUT2D eigenvalue weighted by Crippen LogP contribution is 2.30. The zero-order chi connectivity index (χ0) is 16.5. The molecule has 0 unspecified atom stereocenters. The topological polar surface area (TPSA) is 49.6 Å². The van der Waals surface area contributed by atoms with Gasteiger partial charge in [0.25, 0.3) is 5.91 Å². The van der Waals surface area contributed by atoms with Crippen molar-refractivity contribution >= 4 is 17.2 Å². The molecule has 0 bridgehead atoms. The van der Waals surface area contributed by atoms with Crippen molar-refractivity contribution in [3.8, 4) is 0 Å². The monoisotopic (exact) mass is 345 g/mol. The number of rotatable bonds is 3. The van der Waals surface area contributed by atoms with Crippen LogP contribution in [0.4, 0.5) is 0 Å². The molecule has 0 aromatic carbocycles. The maximum atomic E-state index is 12.8. The number of nitrogens with zero attached hydrogens (tertiary/aromatic N) is 3. The van der Waals surface area contributed by atoms with Gasteiger partial charge in [-0.2, -0.15) is 0 Å². The normalized spacial score (nSPS) is 18.6. The fraction of sp³-hybridized carbons (Fsp3) is 0.556. The van der Waals surface area contributed by atoms with Crippen molar-refractivity contribution in [2.45, 2.75) is 39.2 Å². The molecular formula is C18H23N3O2S. The molecule has 1 aliphatic heterocycles. The van der Waals surface area contributed by atoms with E-state index in [1.54, 1.807) is 11.3 Å². The number of amides is 1. The summed E-state index contributed by atoms with van der Waals surface area (Å²) in [6.07, 6.45) is 4.82. The number of fused-ring (bicyclic) bond motifs is 1. The maximum absolute atomic E-state index is 12.8. The minimum atomic E-state index is 0.214. The third-order valence-electron chi connectivity index (χ3n) is 4.93. The van der Waals surface area contributed by atoms with E-state index in [9.17, 15) is 4.79 Å². The molecule has 0 spiro atoms. The van der Waals surface area contributed by atoms with Gasteiger partial charge in [-0.15, -0.1) is 11.3 Å². The zero-order valence-corrected chi connectivity index (χ0v) is 14.9. The molecule has 4 rings (SSSR count). The zero-order valence-electron chi connectivity index (χ0n) is 14.1. The van der Waals surface area contributed by atoms with Crippen LogP contribution in [-0.4, -0.2) is 47.0 Å². The highest BCUT2D eigenvalue weighted by molar-refractivity contribution is 7.14. The van der Waals surface area contributed by atoms with Crippen LogP contribution in [0.3, 0.4) is 0 Å². The van der Waals surface area contributed by atoms with Crippen LogP contribution in [0.5, 0.6) is 0 Å². The second-order valence-corrected chi connectivity index (χ2v) is 7.90. The van der Waals surface area contributed by atoms with Crippen molar-refractivity contribution in [2.24, 2.45) is 0 Å². The SMILES string of the molecule is Cc1cc(CN2CCN(C(=O)c3cc4c(s3)CCCC4)CC2)no1. The van der Waals surface area contributed by atoms with Crippen LogP contribution in [0.15, 0.2) is 16.7 Å². The average molecular weight is 345 g/mol. The van der Waals surface area contributed by atoms with Crippen LogP contribution in [0.1, 0.15) is 44.4 Å². The van der Waals surface area contributed by atoms with Gasteiger partial charge in [-0.05, 0) is 44.2 Å². The Morgan fingerprint density at radius 1 is 1.21 bits per heavy atom. The quantitative estimate of drug-likeness (QED) is 0.858. The molecule has 1 saturated heterocycles. The van der Waals surface area contributed by atoms with Gasteiger partial charge in [0, 0.05) is 43.7 Å². The molecule has 6 heteroatoms. The summed E-state index contributed by atoms with van der Waals surface area (Å²) in [5, 5.41) is 4.05. The lowest BCUT2D eigenvalue weighted by molar-refractivity contribution is 0.0630. The largest absolute Gasteiger partial charge is 0.361 e. The predicted octanol–water partition coefficient (Wildman–Crippen LogP) is 2.88. The predicted molar refractivity (Wildman–Crippen MR) is 93.4 cm³/mol. The Morgan fingerprint density at radius 2 is 2.00 bits per heavy atom. The molecule has 0 atom stereocenters. The standard InChI is InChI=1S/C18H23N3O2S/c1-13-10-15(19-23-13)12-20-6-8-21(9-7-20)18(22)17-11-14-4-2-3-5-16(14)24-17/h10-11H,2-9,12H2,1H3. The number of aromatic nitrogens is 1. The summed E-state index contributed by atoms with van der Waals surface area (Å²) in [7, 11) is 0. The Bertz CT molecular complexity index is 705. The van der Waals surface area contributed by atoms with Crippen molar-refractivity contribution < 1.29 is 9.32 Å². The summed E-state index contributed by atoms with van der Waals surface area (Å²) in [6, 6.07) is 4.12. The number of piperazine rings is 1. The molecule has 3 heterocycles. The van der Waals surface area contributed by atoms with Crippen LogP contribution < -0.4 is 0 Å². The molecule has 0 N–H and O–H groups in total. The Hall–Kier alpha value is -1.66. The highest BCUT2D eigenvalue weighted by Gasteiger charge is 2.25. The molecule has 5 nitrogen and oxygen atoms in total. The van der Waals surface area contributed by atoms with Crippen molar-refractivity contribution in [1.29, 1.82) is 0 Å². The van der Waals surface area contributed by atoms with E-state index in [1.165, 1.54) is 23.3 Å². The molecule has 24 heavy (non-hydrogen) atoms. The number of hydrogen-bond donors (Lipinski definition) is 0. The first-order chi connectivity index (χ1) is 11.7. The van der Waals surface area contributed by atoms with Gasteiger partial charge in [0.15, 0.2) is 0 Å². The summed E-state index contributed by atoms with van der Waals surface area (Å²) >= 11 is 1.72. The van der Waals surface area contributed by atoms with Gasteiger partial charge in [0.1, 0.15) is 5.76 Å². The van der Waals surface area contributed by atoms with Gasteiger partial charge in [-0.3, -0.25) is 9.69 Å². The number of carbonyl (C=O) groups is 1. The van der Waals surface area contributed by atoms with Crippen LogP contribution in [0.2, 0.25) is 0 Å². The number of thiophene rings is 1. The number of hydrogen-bond acceptors (Lipinski definition) is 5. The van der Waals surface area contributed by atoms with Crippen molar-refractivity contribution in [1.82, 2.24) is 15.0 Å². The smallest absolute Gasteiger partial charge is 0.264 e. The van der Waals surface area contributed by atoms with E-state index in [0.717, 1.165) is 61.9 Å². The average Bonchev–Trinajstić information content (AvgIpc) is 3.21. The van der Waals surface area contributed by atoms with Crippen LogP contribution in [-0.2, 0) is 19.4 Å². The van der Waals surface area contributed by atoms with E-state index in [1.807, 2.05) is 17.9 Å². The maximum Gasteiger partial charge on any atom is 0.264 e. The minimum Gasteiger partial charge on any atom is -0.361 e. The Labute approximate surface area is 146 Å². The second kappa shape index (κ2) is 6.69. The molecule has 1 amide bonds. The summed E-state index contributed by atoms with van der Waals surface area (Å²) in [5.74, 6) is 1.06. The first-order valence-electron chi connectivity index (χ1n) is 8.74. The summed E-state index contributed by atoms with van der Waals surface area (Å²) in [4.78, 5) is 19.5. The van der Waals surface area contributed by atoms with E-state index < -0.39 is 0 Å². The van der Waals surface area contributed by atoms with Gasteiger partial charge < -0.3 is 9.42 Å². The highest BCUT2D eigenvalue weighted by atomic mass is 32.1. The van der Waals surface area contributed by atoms with Gasteiger partial charge in [-0.1, -0.05) is 5.16 Å². The molecule has 2 aliphatic rings. The Morgan fingerprint density at radius 3 is 2.71 bits per heavy atom. The lowest BCUT2D eigenvalue weighted by Gasteiger charge is -2.34. The molecule has 128 valence electrons. The van der Waals surface area contributed by atoms with Crippen molar-refractivity contribution in [3.63, 3.8) is 0 Å². The molecule has 2 aromatic heterocycles. The Balaban J connectivity index is 1.35. The minimum absolute atomic E-state index is 0.214. The van der Waals surface area contributed by atoms with E-state index in [-0.39, 0.29) is 5.91 Å². The molecule has 1 aliphatic carbocycles. The first-order valence-corrected chi connectivity index (χ1v) is 9.56. The molecule has 2 aromatic rings. The second-order valence-electron chi connectivity index (χ2n) is 6.76. The van der Waals surface area contributed by atoms with E-state index >= 15 is 0 Å². The fourth-order valence-electron chi connectivity index (χ4n) is 3.58. The first kappa shape index (κ1) is 15.8. The molecular weight excluding hydrogens is 322 g/mol. The molecule has 1 fully saturated rings. The molecule has 0 saturated carbocycles. The van der Waals surface area contributed by atoms with Gasteiger partial charge in [0.05, 0.1) is 10.6 Å². The lowest BCUT2D eigenvalue weighted by atomic mass is 9.99. The van der Waals surface area contributed by atoms with Crippen LogP contribution in [0, 0.1) is 6.92 Å². The summed E-state index contributed by atoms with van der Waals surface area (Å²) in [6.45, 7) is 6.07. The fourth-order valence-corrected chi connectivity index (χ4v) is 4.80. The third kappa shape index (κ3) is 3.26. The van der Waals surface area contributed by atoms with E-state index in [2.05, 4.69) is 16.1 Å². The van der Waals surface area contributed by atoms with E-state index in [4.69, 9.17) is 4.52 Å².